The van der Waals surface area contributed by atoms with Gasteiger partial charge >= 0.3 is 0 Å². The van der Waals surface area contributed by atoms with Gasteiger partial charge in [0.15, 0.2) is 11.4 Å². The van der Waals surface area contributed by atoms with Crippen LogP contribution in [0.15, 0.2) is 66.7 Å². The quantitative estimate of drug-likeness (QED) is 0.260. The van der Waals surface area contributed by atoms with Crippen LogP contribution in [0, 0.1) is 22.7 Å². The second-order valence-electron chi connectivity index (χ2n) is 7.16. The van der Waals surface area contributed by atoms with E-state index in [-0.39, 0.29) is 11.4 Å². The number of benzene rings is 4. The maximum absolute atomic E-state index is 9.49. The summed E-state index contributed by atoms with van der Waals surface area (Å²) in [6.45, 7) is 0. The third-order valence-electron chi connectivity index (χ3n) is 5.49. The fourth-order valence-electron chi connectivity index (χ4n) is 4.11. The minimum Gasteiger partial charge on any atom is -0.245 e. The predicted molar refractivity (Wildman–Crippen MR) is 117 cm³/mol. The lowest BCUT2D eigenvalue weighted by atomic mass is 9.97. The Kier molecular flexibility index (Phi) is 3.24. The first-order chi connectivity index (χ1) is 14.8. The highest BCUT2D eigenvalue weighted by Crippen LogP contribution is 2.36. The van der Waals surface area contributed by atoms with Gasteiger partial charge in [-0.15, -0.1) is 0 Å². The van der Waals surface area contributed by atoms with Gasteiger partial charge in [-0.1, -0.05) is 42.5 Å². The minimum atomic E-state index is 0.0152. The van der Waals surface area contributed by atoms with Crippen LogP contribution < -0.4 is 0 Å². The van der Waals surface area contributed by atoms with E-state index in [0.717, 1.165) is 37.8 Å². The van der Waals surface area contributed by atoms with Crippen molar-refractivity contribution in [1.29, 1.82) is 10.5 Å². The molecule has 4 aromatic carbocycles. The monoisotopic (exact) mass is 381 g/mol. The summed E-state index contributed by atoms with van der Waals surface area (Å²) in [5.41, 5.74) is 2.69. The van der Waals surface area contributed by atoms with Gasteiger partial charge in [0.05, 0.1) is 11.0 Å². The molecule has 0 aliphatic heterocycles. The zero-order valence-electron chi connectivity index (χ0n) is 15.6. The molecule has 6 rings (SSSR count). The molecule has 0 bridgehead atoms. The normalized spacial score (nSPS) is 11.3. The third-order valence-corrected chi connectivity index (χ3v) is 5.49. The summed E-state index contributed by atoms with van der Waals surface area (Å²) in [4.78, 5) is 13.9. The summed E-state index contributed by atoms with van der Waals surface area (Å²) in [6, 6.07) is 26.4. The number of fused-ring (bicyclic) bond motifs is 8. The van der Waals surface area contributed by atoms with E-state index >= 15 is 0 Å². The Bertz CT molecular complexity index is 1640. The lowest BCUT2D eigenvalue weighted by molar-refractivity contribution is 1.20. The first-order valence-corrected chi connectivity index (χ1v) is 9.43. The van der Waals surface area contributed by atoms with Crippen LogP contribution in [0.25, 0.3) is 54.4 Å². The highest BCUT2D eigenvalue weighted by atomic mass is 14.9. The highest BCUT2D eigenvalue weighted by molar-refractivity contribution is 6.25. The molecule has 0 N–H and O–H groups in total. The minimum absolute atomic E-state index is 0.0152. The Morgan fingerprint density at radius 2 is 1.03 bits per heavy atom. The molecule has 30 heavy (non-hydrogen) atoms. The number of nitrogens with zero attached hydrogens (tertiary/aromatic N) is 5. The molecule has 2 aromatic heterocycles. The smallest absolute Gasteiger partial charge is 0.177 e. The number of para-hydroxylation sites is 1. The first kappa shape index (κ1) is 16.4. The van der Waals surface area contributed by atoms with Gasteiger partial charge in [-0.25, -0.2) is 15.0 Å². The lowest BCUT2D eigenvalue weighted by Crippen LogP contribution is -1.98. The summed E-state index contributed by atoms with van der Waals surface area (Å²) in [7, 11) is 0. The third kappa shape index (κ3) is 2.18. The first-order valence-electron chi connectivity index (χ1n) is 9.43. The summed E-state index contributed by atoms with van der Waals surface area (Å²) in [5.74, 6) is 0. The second-order valence-corrected chi connectivity index (χ2v) is 7.16. The van der Waals surface area contributed by atoms with Crippen molar-refractivity contribution in [3.05, 3.63) is 78.1 Å². The van der Waals surface area contributed by atoms with Crippen LogP contribution in [0.3, 0.4) is 0 Å². The van der Waals surface area contributed by atoms with Gasteiger partial charge in [0, 0.05) is 16.2 Å². The van der Waals surface area contributed by atoms with Crippen molar-refractivity contribution in [3.8, 4) is 12.1 Å². The van der Waals surface area contributed by atoms with Crippen LogP contribution in [0.2, 0.25) is 0 Å². The molecule has 0 aliphatic rings. The number of hydrogen-bond acceptors (Lipinski definition) is 5. The van der Waals surface area contributed by atoms with Gasteiger partial charge in [-0.05, 0) is 40.4 Å². The molecular formula is C25H11N5. The van der Waals surface area contributed by atoms with E-state index in [9.17, 15) is 10.5 Å². The molecule has 0 aliphatic carbocycles. The predicted octanol–water partition coefficient (Wildman–Crippen LogP) is 5.38. The van der Waals surface area contributed by atoms with Crippen LogP contribution >= 0.6 is 0 Å². The molecule has 0 amide bonds. The molecule has 2 heterocycles. The Balaban J connectivity index is 1.96. The van der Waals surface area contributed by atoms with Crippen LogP contribution in [-0.2, 0) is 0 Å². The van der Waals surface area contributed by atoms with Gasteiger partial charge in [0.2, 0.25) is 0 Å². The molecule has 0 saturated heterocycles. The fourth-order valence-corrected chi connectivity index (χ4v) is 4.11. The maximum Gasteiger partial charge on any atom is 0.177 e. The van der Waals surface area contributed by atoms with Gasteiger partial charge < -0.3 is 0 Å². The fraction of sp³-hybridized carbons (Fsp3) is 0. The van der Waals surface area contributed by atoms with E-state index in [2.05, 4.69) is 34.2 Å². The Labute approximate surface area is 170 Å². The van der Waals surface area contributed by atoms with Crippen LogP contribution in [-0.4, -0.2) is 15.0 Å². The van der Waals surface area contributed by atoms with E-state index in [1.54, 1.807) is 0 Å². The average Bonchev–Trinajstić information content (AvgIpc) is 2.81. The Hall–Kier alpha value is -4.61. The van der Waals surface area contributed by atoms with E-state index in [1.165, 1.54) is 0 Å². The molecule has 0 fully saturated rings. The summed E-state index contributed by atoms with van der Waals surface area (Å²) in [6.07, 6.45) is 0. The standard InChI is InChI=1S/C25H11N5/c26-12-21-22(13-27)30-25-23-19(11-16-7-3-4-8-20(16)28-23)17-9-14-5-1-2-6-15(14)10-18(17)24(25)29-21/h1-11H. The van der Waals surface area contributed by atoms with Crippen LogP contribution in [0.4, 0.5) is 0 Å². The molecule has 0 unspecified atom stereocenters. The highest BCUT2D eigenvalue weighted by Gasteiger charge is 2.17. The molecule has 5 heteroatoms. The lowest BCUT2D eigenvalue weighted by Gasteiger charge is -2.11. The van der Waals surface area contributed by atoms with E-state index in [4.69, 9.17) is 4.98 Å². The van der Waals surface area contributed by atoms with Crippen molar-refractivity contribution >= 4 is 54.4 Å². The Morgan fingerprint density at radius 3 is 1.70 bits per heavy atom. The van der Waals surface area contributed by atoms with E-state index in [0.29, 0.717) is 16.6 Å². The maximum atomic E-state index is 9.49. The number of pyridine rings is 1. The van der Waals surface area contributed by atoms with Crippen LogP contribution in [0.1, 0.15) is 11.4 Å². The van der Waals surface area contributed by atoms with Crippen molar-refractivity contribution in [2.24, 2.45) is 0 Å². The molecule has 5 nitrogen and oxygen atoms in total. The van der Waals surface area contributed by atoms with Crippen molar-refractivity contribution in [2.75, 3.05) is 0 Å². The number of rotatable bonds is 0. The van der Waals surface area contributed by atoms with Gasteiger partial charge in [0.1, 0.15) is 23.2 Å². The second kappa shape index (κ2) is 5.94. The van der Waals surface area contributed by atoms with E-state index < -0.39 is 0 Å². The van der Waals surface area contributed by atoms with Crippen molar-refractivity contribution < 1.29 is 0 Å². The summed E-state index contributed by atoms with van der Waals surface area (Å²) >= 11 is 0. The molecule has 0 atom stereocenters. The summed E-state index contributed by atoms with van der Waals surface area (Å²) < 4.78 is 0. The van der Waals surface area contributed by atoms with Gasteiger partial charge in [-0.3, -0.25) is 0 Å². The van der Waals surface area contributed by atoms with Crippen molar-refractivity contribution in [3.63, 3.8) is 0 Å². The van der Waals surface area contributed by atoms with Crippen molar-refractivity contribution in [1.82, 2.24) is 15.0 Å². The zero-order chi connectivity index (χ0) is 20.2. The van der Waals surface area contributed by atoms with Crippen LogP contribution in [0.5, 0.6) is 0 Å². The molecule has 6 aromatic rings. The molecule has 0 saturated carbocycles. The number of hydrogen-bond donors (Lipinski definition) is 0. The molecule has 0 radical (unpaired) electrons. The van der Waals surface area contributed by atoms with E-state index in [1.807, 2.05) is 54.6 Å². The van der Waals surface area contributed by atoms with Gasteiger partial charge in [-0.2, -0.15) is 10.5 Å². The molecule has 0 spiro atoms. The largest absolute Gasteiger partial charge is 0.245 e. The SMILES string of the molecule is N#Cc1nc2c3cc4ccccc4cc3c3cc4ccccc4nc3c2nc1C#N. The molecular weight excluding hydrogens is 370 g/mol. The average molecular weight is 381 g/mol. The van der Waals surface area contributed by atoms with Crippen molar-refractivity contribution in [2.45, 2.75) is 0 Å². The Morgan fingerprint density at radius 1 is 0.533 bits per heavy atom. The van der Waals surface area contributed by atoms with Gasteiger partial charge in [0.25, 0.3) is 0 Å². The number of nitriles is 2. The summed E-state index contributed by atoms with van der Waals surface area (Å²) in [5, 5.41) is 25.0. The zero-order valence-corrected chi connectivity index (χ0v) is 15.6. The topological polar surface area (TPSA) is 86.2 Å². The molecule has 136 valence electrons. The number of aromatic nitrogens is 3.